The van der Waals surface area contributed by atoms with Crippen molar-refractivity contribution in [3.8, 4) is 28.3 Å². The molecule has 0 saturated heterocycles. The van der Waals surface area contributed by atoms with Gasteiger partial charge in [-0.05, 0) is 19.1 Å². The average Bonchev–Trinajstić information content (AvgIpc) is 2.95. The lowest BCUT2D eigenvalue weighted by molar-refractivity contribution is -0.400. The third-order valence-electron chi connectivity index (χ3n) is 6.46. The van der Waals surface area contributed by atoms with E-state index in [0.717, 1.165) is 10.5 Å². The molecule has 11 nitrogen and oxygen atoms in total. The summed E-state index contributed by atoms with van der Waals surface area (Å²) < 4.78 is 6.75. The van der Waals surface area contributed by atoms with Crippen LogP contribution in [0.4, 0.5) is 10.5 Å². The summed E-state index contributed by atoms with van der Waals surface area (Å²) >= 11 is 13.5. The first-order valence-corrected chi connectivity index (χ1v) is 13.3. The van der Waals surface area contributed by atoms with Crippen molar-refractivity contribution in [3.05, 3.63) is 58.3 Å². The maximum absolute atomic E-state index is 13.0. The molecule has 41 heavy (non-hydrogen) atoms. The molecule has 2 aromatic carbocycles. The monoisotopic (exact) mass is 599 g/mol. The van der Waals surface area contributed by atoms with Crippen molar-refractivity contribution < 1.29 is 28.8 Å². The third kappa shape index (κ3) is 6.38. The van der Waals surface area contributed by atoms with Crippen LogP contribution < -0.4 is 15.4 Å². The first-order chi connectivity index (χ1) is 19.5. The number of imide groups is 1. The predicted molar refractivity (Wildman–Crippen MR) is 155 cm³/mol. The van der Waals surface area contributed by atoms with Gasteiger partial charge >= 0.3 is 11.9 Å². The van der Waals surface area contributed by atoms with Gasteiger partial charge in [0.1, 0.15) is 12.1 Å². The lowest BCUT2D eigenvalue weighted by atomic mass is 10.0. The fraction of sp³-hybridized carbons (Fsp3) is 0.286. The smallest absolute Gasteiger partial charge is 0.496 e. The van der Waals surface area contributed by atoms with Crippen LogP contribution in [0.15, 0.2) is 42.7 Å². The molecule has 3 N–H and O–H groups in total. The molecule has 2 atom stereocenters. The summed E-state index contributed by atoms with van der Waals surface area (Å²) in [6.45, 7) is 2.64. The minimum absolute atomic E-state index is 0.158. The fourth-order valence-corrected chi connectivity index (χ4v) is 4.88. The lowest BCUT2D eigenvalue weighted by Gasteiger charge is -2.19. The van der Waals surface area contributed by atoms with E-state index in [1.807, 2.05) is 18.2 Å². The number of rotatable bonds is 9. The second-order valence-electron chi connectivity index (χ2n) is 9.47. The van der Waals surface area contributed by atoms with Gasteiger partial charge < -0.3 is 20.5 Å². The summed E-state index contributed by atoms with van der Waals surface area (Å²) in [5.41, 5.74) is 3.04. The highest BCUT2D eigenvalue weighted by atomic mass is 35.5. The van der Waals surface area contributed by atoms with E-state index in [0.29, 0.717) is 41.4 Å². The van der Waals surface area contributed by atoms with Crippen LogP contribution in [-0.2, 0) is 16.1 Å². The number of anilines is 1. The van der Waals surface area contributed by atoms with E-state index in [9.17, 15) is 19.5 Å². The topological polar surface area (TPSA) is 137 Å². The number of urea groups is 1. The first-order valence-electron chi connectivity index (χ1n) is 12.6. The van der Waals surface area contributed by atoms with Crippen molar-refractivity contribution in [2.24, 2.45) is 5.92 Å². The van der Waals surface area contributed by atoms with E-state index >= 15 is 0 Å². The van der Waals surface area contributed by atoms with Crippen LogP contribution in [0.3, 0.4) is 0 Å². The highest BCUT2D eigenvalue weighted by Gasteiger charge is 2.43. The van der Waals surface area contributed by atoms with Crippen LogP contribution in [0.2, 0.25) is 10.0 Å². The molecule has 3 aromatic rings. The van der Waals surface area contributed by atoms with E-state index < -0.39 is 29.9 Å². The van der Waals surface area contributed by atoms with Gasteiger partial charge in [0, 0.05) is 29.8 Å². The van der Waals surface area contributed by atoms with E-state index in [2.05, 4.69) is 20.6 Å². The van der Waals surface area contributed by atoms with E-state index in [1.54, 1.807) is 32.2 Å². The SMILES string of the molecule is COc1cc(-c2ncnc(-c3cccc(NC(=O)C4C=[N+](C)C(=O)N(C)C4=O)c3Cl)c2Cl)ccc1CNC[C@H](C)O. The molecule has 4 rings (SSSR count). The van der Waals surface area contributed by atoms with Crippen molar-refractivity contribution in [3.63, 3.8) is 0 Å². The number of nitrogens with zero attached hydrogens (tertiary/aromatic N) is 4. The van der Waals surface area contributed by atoms with Gasteiger partial charge in [0.05, 0.1) is 60.6 Å². The molecule has 4 amide bonds. The van der Waals surface area contributed by atoms with Crippen molar-refractivity contribution in [1.82, 2.24) is 20.2 Å². The number of aromatic nitrogens is 2. The summed E-state index contributed by atoms with van der Waals surface area (Å²) in [6.07, 6.45) is 2.15. The van der Waals surface area contributed by atoms with Crippen molar-refractivity contribution >= 4 is 52.9 Å². The standard InChI is InChI=1S/C28H28Cl2N6O5/c1-15(37)11-31-12-17-9-8-16(10-21(17)41-4)24-23(30)25(33-14-32-24)18-6-5-7-20(22(18)29)34-26(38)19-13-35(2)28(40)36(3)27(19)39/h5-10,13-15,19,31,37H,11-12H2,1-4H3/p+1/t15-,19?/m0/s1. The van der Waals surface area contributed by atoms with Gasteiger partial charge in [-0.15, -0.1) is 0 Å². The summed E-state index contributed by atoms with van der Waals surface area (Å²) in [5, 5.41) is 15.7. The molecular formula is C28H29Cl2N6O5+. The lowest BCUT2D eigenvalue weighted by Crippen LogP contribution is -2.51. The molecular weight excluding hydrogens is 571 g/mol. The Balaban J connectivity index is 1.63. The summed E-state index contributed by atoms with van der Waals surface area (Å²) in [4.78, 5) is 47.2. The normalized spacial score (nSPS) is 15.9. The molecule has 1 unspecified atom stereocenters. The number of carbonyl (C=O) groups excluding carboxylic acids is 3. The van der Waals surface area contributed by atoms with Crippen LogP contribution in [0.5, 0.6) is 5.75 Å². The molecule has 214 valence electrons. The van der Waals surface area contributed by atoms with E-state index in [4.69, 9.17) is 27.9 Å². The zero-order valence-electron chi connectivity index (χ0n) is 22.8. The Morgan fingerprint density at radius 3 is 2.61 bits per heavy atom. The van der Waals surface area contributed by atoms with Gasteiger partial charge in [0.25, 0.3) is 0 Å². The van der Waals surface area contributed by atoms with E-state index in [1.165, 1.54) is 31.2 Å². The van der Waals surface area contributed by atoms with Crippen molar-refractivity contribution in [2.75, 3.05) is 33.1 Å². The maximum atomic E-state index is 13.0. The number of hydrogen-bond donors (Lipinski definition) is 3. The van der Waals surface area contributed by atoms with Gasteiger partial charge in [-0.3, -0.25) is 4.79 Å². The molecule has 0 radical (unpaired) electrons. The van der Waals surface area contributed by atoms with Gasteiger partial charge in [0.15, 0.2) is 5.92 Å². The number of benzene rings is 2. The maximum Gasteiger partial charge on any atom is 0.499 e. The second kappa shape index (κ2) is 12.7. The summed E-state index contributed by atoms with van der Waals surface area (Å²) in [6, 6.07) is 9.97. The van der Waals surface area contributed by atoms with Gasteiger partial charge in [-0.2, -0.15) is 9.69 Å². The molecule has 0 aliphatic carbocycles. The number of carbonyl (C=O) groups is 3. The molecule has 1 aromatic heterocycles. The quantitative estimate of drug-likeness (QED) is 0.251. The number of aliphatic hydroxyl groups excluding tert-OH is 1. The number of aliphatic hydroxyl groups is 1. The van der Waals surface area contributed by atoms with Crippen molar-refractivity contribution in [2.45, 2.75) is 19.6 Å². The second-order valence-corrected chi connectivity index (χ2v) is 10.2. The van der Waals surface area contributed by atoms with Gasteiger partial charge in [-0.25, -0.2) is 19.3 Å². The van der Waals surface area contributed by atoms with Crippen molar-refractivity contribution in [1.29, 1.82) is 0 Å². The minimum atomic E-state index is -1.21. The fourth-order valence-electron chi connectivity index (χ4n) is 4.30. The average molecular weight is 600 g/mol. The van der Waals surface area contributed by atoms with Crippen LogP contribution in [0.25, 0.3) is 22.5 Å². The van der Waals surface area contributed by atoms with Gasteiger partial charge in [0.2, 0.25) is 5.91 Å². The number of amides is 4. The van der Waals surface area contributed by atoms with Crippen LogP contribution in [-0.4, -0.2) is 82.5 Å². The Bertz CT molecular complexity index is 1540. The Morgan fingerprint density at radius 2 is 1.90 bits per heavy atom. The first kappa shape index (κ1) is 30.1. The molecule has 0 fully saturated rings. The molecule has 0 spiro atoms. The highest BCUT2D eigenvalue weighted by Crippen LogP contribution is 2.40. The summed E-state index contributed by atoms with van der Waals surface area (Å²) in [5.74, 6) is -1.89. The molecule has 2 heterocycles. The number of halogens is 2. The number of nitrogens with one attached hydrogen (secondary N) is 2. The molecule has 1 aliphatic heterocycles. The highest BCUT2D eigenvalue weighted by molar-refractivity contribution is 6.39. The zero-order valence-corrected chi connectivity index (χ0v) is 24.3. The minimum Gasteiger partial charge on any atom is -0.496 e. The number of methoxy groups -OCH3 is 1. The van der Waals surface area contributed by atoms with Crippen LogP contribution in [0, 0.1) is 5.92 Å². The van der Waals surface area contributed by atoms with Crippen LogP contribution in [0.1, 0.15) is 12.5 Å². The van der Waals surface area contributed by atoms with Gasteiger partial charge in [-0.1, -0.05) is 47.5 Å². The Kier molecular flexibility index (Phi) is 9.34. The zero-order chi connectivity index (χ0) is 29.8. The number of ether oxygens (including phenoxy) is 1. The molecule has 0 bridgehead atoms. The largest absolute Gasteiger partial charge is 0.499 e. The molecule has 0 saturated carbocycles. The Hall–Kier alpha value is -3.90. The number of hydrogen-bond acceptors (Lipinski definition) is 8. The Morgan fingerprint density at radius 1 is 1.17 bits per heavy atom. The molecule has 1 aliphatic rings. The Labute approximate surface area is 246 Å². The third-order valence-corrected chi connectivity index (χ3v) is 7.22. The van der Waals surface area contributed by atoms with E-state index in [-0.39, 0.29) is 15.7 Å². The molecule has 13 heteroatoms. The summed E-state index contributed by atoms with van der Waals surface area (Å²) in [7, 11) is 4.34. The van der Waals surface area contributed by atoms with Crippen LogP contribution >= 0.6 is 23.2 Å². The predicted octanol–water partition coefficient (Wildman–Crippen LogP) is 3.46.